The Morgan fingerprint density at radius 3 is 2.75 bits per heavy atom. The Hall–Kier alpha value is -2.23. The van der Waals surface area contributed by atoms with Crippen molar-refractivity contribution in [3.8, 4) is 0 Å². The van der Waals surface area contributed by atoms with Crippen LogP contribution in [0.4, 0.5) is 5.95 Å². The summed E-state index contributed by atoms with van der Waals surface area (Å²) in [4.78, 5) is 12.0. The number of hydrogen-bond donors (Lipinski definition) is 1. The summed E-state index contributed by atoms with van der Waals surface area (Å²) in [6.07, 6.45) is 10.4. The van der Waals surface area contributed by atoms with E-state index in [1.807, 2.05) is 25.2 Å². The molecule has 82 valence electrons. The first kappa shape index (κ1) is 11.8. The summed E-state index contributed by atoms with van der Waals surface area (Å²) < 4.78 is 0. The summed E-state index contributed by atoms with van der Waals surface area (Å²) in [6, 6.07) is 0. The lowest BCUT2D eigenvalue weighted by Gasteiger charge is -2.03. The third kappa shape index (κ3) is 3.88. The van der Waals surface area contributed by atoms with Crippen LogP contribution >= 0.6 is 0 Å². The SMILES string of the molecule is C=C/C=C\C=C(/C=C)Nc1ncnc(C)n1. The van der Waals surface area contributed by atoms with E-state index in [4.69, 9.17) is 0 Å². The van der Waals surface area contributed by atoms with Gasteiger partial charge in [-0.2, -0.15) is 4.98 Å². The van der Waals surface area contributed by atoms with Gasteiger partial charge in [0.05, 0.1) is 0 Å². The van der Waals surface area contributed by atoms with Gasteiger partial charge in [-0.05, 0) is 19.1 Å². The van der Waals surface area contributed by atoms with Gasteiger partial charge in [0.2, 0.25) is 5.95 Å². The Kier molecular flexibility index (Phi) is 4.66. The molecule has 0 bridgehead atoms. The number of anilines is 1. The second kappa shape index (κ2) is 6.29. The maximum atomic E-state index is 4.12. The van der Waals surface area contributed by atoms with E-state index in [0.29, 0.717) is 11.8 Å². The lowest BCUT2D eigenvalue weighted by Crippen LogP contribution is -2.03. The molecule has 0 radical (unpaired) electrons. The zero-order valence-corrected chi connectivity index (χ0v) is 9.22. The fraction of sp³-hybridized carbons (Fsp3) is 0.0833. The van der Waals surface area contributed by atoms with Crippen molar-refractivity contribution >= 4 is 5.95 Å². The van der Waals surface area contributed by atoms with Gasteiger partial charge in [-0.25, -0.2) is 9.97 Å². The van der Waals surface area contributed by atoms with Gasteiger partial charge in [0.15, 0.2) is 0 Å². The average Bonchev–Trinajstić information content (AvgIpc) is 2.28. The molecule has 0 unspecified atom stereocenters. The van der Waals surface area contributed by atoms with Crippen molar-refractivity contribution in [2.24, 2.45) is 0 Å². The fourth-order valence-electron chi connectivity index (χ4n) is 0.966. The summed E-state index contributed by atoms with van der Waals surface area (Å²) in [6.45, 7) is 9.09. The first-order valence-corrected chi connectivity index (χ1v) is 4.80. The molecule has 0 aliphatic carbocycles. The largest absolute Gasteiger partial charge is 0.324 e. The molecule has 1 rings (SSSR count). The van der Waals surface area contributed by atoms with E-state index in [2.05, 4.69) is 33.4 Å². The Balaban J connectivity index is 2.77. The third-order valence-electron chi connectivity index (χ3n) is 1.69. The molecule has 4 nitrogen and oxygen atoms in total. The summed E-state index contributed by atoms with van der Waals surface area (Å²) >= 11 is 0. The number of aromatic nitrogens is 3. The van der Waals surface area contributed by atoms with E-state index in [-0.39, 0.29) is 0 Å². The van der Waals surface area contributed by atoms with Crippen LogP contribution in [0.25, 0.3) is 0 Å². The molecule has 0 atom stereocenters. The minimum atomic E-state index is 0.505. The molecule has 0 spiro atoms. The number of rotatable bonds is 5. The summed E-state index contributed by atoms with van der Waals surface area (Å²) in [5, 5.41) is 3.02. The molecule has 16 heavy (non-hydrogen) atoms. The minimum absolute atomic E-state index is 0.505. The Morgan fingerprint density at radius 1 is 1.31 bits per heavy atom. The van der Waals surface area contributed by atoms with Crippen molar-refractivity contribution in [3.05, 3.63) is 61.4 Å². The Labute approximate surface area is 95.2 Å². The molecular formula is C12H14N4. The monoisotopic (exact) mass is 214 g/mol. The molecule has 1 N–H and O–H groups in total. The highest BCUT2D eigenvalue weighted by Gasteiger charge is 1.96. The van der Waals surface area contributed by atoms with Crippen LogP contribution in [0.3, 0.4) is 0 Å². The van der Waals surface area contributed by atoms with Gasteiger partial charge in [0, 0.05) is 5.70 Å². The highest BCUT2D eigenvalue weighted by atomic mass is 15.1. The van der Waals surface area contributed by atoms with Crippen LogP contribution in [0.1, 0.15) is 5.82 Å². The van der Waals surface area contributed by atoms with Gasteiger partial charge < -0.3 is 5.32 Å². The van der Waals surface area contributed by atoms with Crippen LogP contribution in [0.15, 0.2) is 55.6 Å². The van der Waals surface area contributed by atoms with Crippen molar-refractivity contribution in [2.45, 2.75) is 6.92 Å². The van der Waals surface area contributed by atoms with Crippen LogP contribution in [0.2, 0.25) is 0 Å². The first-order chi connectivity index (χ1) is 7.76. The number of aryl methyl sites for hydroxylation is 1. The molecule has 0 amide bonds. The molecule has 1 aromatic heterocycles. The number of nitrogens with zero attached hydrogens (tertiary/aromatic N) is 3. The lowest BCUT2D eigenvalue weighted by atomic mass is 10.3. The second-order valence-corrected chi connectivity index (χ2v) is 2.93. The van der Waals surface area contributed by atoms with Gasteiger partial charge in [-0.3, -0.25) is 0 Å². The van der Waals surface area contributed by atoms with Gasteiger partial charge in [0.1, 0.15) is 12.2 Å². The Bertz CT molecular complexity index is 432. The maximum Gasteiger partial charge on any atom is 0.230 e. The van der Waals surface area contributed by atoms with E-state index < -0.39 is 0 Å². The molecule has 0 aromatic carbocycles. The molecule has 4 heteroatoms. The van der Waals surface area contributed by atoms with E-state index >= 15 is 0 Å². The summed E-state index contributed by atoms with van der Waals surface area (Å²) in [7, 11) is 0. The number of allylic oxidation sites excluding steroid dienone is 5. The standard InChI is InChI=1S/C12H14N4/c1-4-6-7-8-11(5-2)16-12-14-9-13-10(3)15-12/h4-9H,1-2H2,3H3,(H,13,14,15,16)/b7-6-,11-8+. The topological polar surface area (TPSA) is 50.7 Å². The molecule has 1 aromatic rings. The van der Waals surface area contributed by atoms with E-state index in [9.17, 15) is 0 Å². The van der Waals surface area contributed by atoms with Crippen LogP contribution in [0.5, 0.6) is 0 Å². The zero-order chi connectivity index (χ0) is 11.8. The van der Waals surface area contributed by atoms with Crippen molar-refractivity contribution in [3.63, 3.8) is 0 Å². The molecule has 0 aliphatic rings. The van der Waals surface area contributed by atoms with Crippen LogP contribution in [0, 0.1) is 6.92 Å². The molecular weight excluding hydrogens is 200 g/mol. The van der Waals surface area contributed by atoms with Gasteiger partial charge in [-0.1, -0.05) is 31.4 Å². The van der Waals surface area contributed by atoms with E-state index in [1.165, 1.54) is 6.33 Å². The van der Waals surface area contributed by atoms with Crippen LogP contribution < -0.4 is 5.32 Å². The molecule has 0 fully saturated rings. The van der Waals surface area contributed by atoms with E-state index in [0.717, 1.165) is 5.70 Å². The summed E-state index contributed by atoms with van der Waals surface area (Å²) in [5.74, 6) is 1.17. The van der Waals surface area contributed by atoms with Crippen LogP contribution in [-0.4, -0.2) is 15.0 Å². The van der Waals surface area contributed by atoms with Gasteiger partial charge in [-0.15, -0.1) is 0 Å². The fourth-order valence-corrected chi connectivity index (χ4v) is 0.966. The normalized spacial score (nSPS) is 11.4. The highest BCUT2D eigenvalue weighted by molar-refractivity contribution is 5.40. The van der Waals surface area contributed by atoms with E-state index in [1.54, 1.807) is 12.2 Å². The average molecular weight is 214 g/mol. The minimum Gasteiger partial charge on any atom is -0.324 e. The smallest absolute Gasteiger partial charge is 0.230 e. The van der Waals surface area contributed by atoms with Gasteiger partial charge in [0.25, 0.3) is 0 Å². The number of nitrogens with one attached hydrogen (secondary N) is 1. The first-order valence-electron chi connectivity index (χ1n) is 4.80. The highest BCUT2D eigenvalue weighted by Crippen LogP contribution is 2.03. The van der Waals surface area contributed by atoms with Gasteiger partial charge >= 0.3 is 0 Å². The molecule has 0 saturated carbocycles. The lowest BCUT2D eigenvalue weighted by molar-refractivity contribution is 0.978. The summed E-state index contributed by atoms with van der Waals surface area (Å²) in [5.41, 5.74) is 0.809. The van der Waals surface area contributed by atoms with Crippen molar-refractivity contribution < 1.29 is 0 Å². The molecule has 0 saturated heterocycles. The van der Waals surface area contributed by atoms with Crippen molar-refractivity contribution in [1.82, 2.24) is 15.0 Å². The second-order valence-electron chi connectivity index (χ2n) is 2.93. The van der Waals surface area contributed by atoms with Crippen LogP contribution in [-0.2, 0) is 0 Å². The predicted molar refractivity (Wildman–Crippen MR) is 65.8 cm³/mol. The molecule has 1 heterocycles. The Morgan fingerprint density at radius 2 is 2.12 bits per heavy atom. The predicted octanol–water partition coefficient (Wildman–Crippen LogP) is 2.40. The van der Waals surface area contributed by atoms with Crippen molar-refractivity contribution in [1.29, 1.82) is 0 Å². The zero-order valence-electron chi connectivity index (χ0n) is 9.22. The molecule has 0 aliphatic heterocycles. The van der Waals surface area contributed by atoms with Crippen molar-refractivity contribution in [2.75, 3.05) is 5.32 Å². The quantitative estimate of drug-likeness (QED) is 0.765. The third-order valence-corrected chi connectivity index (χ3v) is 1.69. The number of hydrogen-bond acceptors (Lipinski definition) is 4. The maximum absolute atomic E-state index is 4.12.